The van der Waals surface area contributed by atoms with Gasteiger partial charge in [0.2, 0.25) is 0 Å². The third kappa shape index (κ3) is 6.54. The van der Waals surface area contributed by atoms with Gasteiger partial charge in [-0.05, 0) is 32.6 Å². The van der Waals surface area contributed by atoms with E-state index >= 15 is 0 Å². The van der Waals surface area contributed by atoms with Gasteiger partial charge in [-0.15, -0.1) is 0 Å². The molecule has 2 atom stereocenters. The molecule has 132 valence electrons. The molecule has 0 saturated carbocycles. The van der Waals surface area contributed by atoms with Crippen molar-refractivity contribution >= 4 is 11.9 Å². The Bertz CT molecular complexity index is 422. The molecule has 0 aromatic carbocycles. The van der Waals surface area contributed by atoms with Gasteiger partial charge < -0.3 is 19.7 Å². The maximum absolute atomic E-state index is 11.8. The van der Waals surface area contributed by atoms with Crippen LogP contribution in [0.1, 0.15) is 47.0 Å². The fraction of sp³-hybridized carbons (Fsp3) is 0.647. The van der Waals surface area contributed by atoms with Gasteiger partial charge in [-0.25, -0.2) is 9.59 Å². The van der Waals surface area contributed by atoms with Gasteiger partial charge in [0.25, 0.3) is 0 Å². The second-order valence-corrected chi connectivity index (χ2v) is 5.77. The van der Waals surface area contributed by atoms with Crippen molar-refractivity contribution < 1.29 is 29.3 Å². The Kier molecular flexibility index (Phi) is 8.79. The number of carbonyl (C=O) groups excluding carboxylic acids is 2. The molecular formula is C17H28O6. The summed E-state index contributed by atoms with van der Waals surface area (Å²) in [5.41, 5.74) is 0.137. The Hall–Kier alpha value is -1.66. The zero-order valence-electron chi connectivity index (χ0n) is 14.4. The summed E-state index contributed by atoms with van der Waals surface area (Å²) < 4.78 is 10.0. The summed E-state index contributed by atoms with van der Waals surface area (Å²) >= 11 is 0. The van der Waals surface area contributed by atoms with E-state index in [1.807, 2.05) is 6.92 Å². The first kappa shape index (κ1) is 21.3. The highest BCUT2D eigenvalue weighted by molar-refractivity contribution is 5.88. The lowest BCUT2D eigenvalue weighted by atomic mass is 9.89. The molecule has 0 aromatic rings. The summed E-state index contributed by atoms with van der Waals surface area (Å²) in [5, 5.41) is 20.1. The van der Waals surface area contributed by atoms with Crippen molar-refractivity contribution in [2.75, 3.05) is 6.61 Å². The maximum Gasteiger partial charge on any atom is 0.376 e. The van der Waals surface area contributed by atoms with Gasteiger partial charge in [-0.2, -0.15) is 0 Å². The number of aliphatic hydroxyl groups is 2. The number of hydrogen-bond acceptors (Lipinski definition) is 6. The van der Waals surface area contributed by atoms with E-state index in [2.05, 4.69) is 13.2 Å². The van der Waals surface area contributed by atoms with Gasteiger partial charge in [0.15, 0.2) is 0 Å². The minimum atomic E-state index is -2.43. The van der Waals surface area contributed by atoms with Crippen LogP contribution in [0.4, 0.5) is 0 Å². The summed E-state index contributed by atoms with van der Waals surface area (Å²) in [6.07, 6.45) is 1.37. The van der Waals surface area contributed by atoms with E-state index in [4.69, 9.17) is 9.47 Å². The third-order valence-corrected chi connectivity index (χ3v) is 3.64. The van der Waals surface area contributed by atoms with Gasteiger partial charge in [0, 0.05) is 17.8 Å². The monoisotopic (exact) mass is 328 g/mol. The number of hydrogen-bond donors (Lipinski definition) is 2. The van der Waals surface area contributed by atoms with Crippen molar-refractivity contribution in [2.24, 2.45) is 11.8 Å². The predicted octanol–water partition coefficient (Wildman–Crippen LogP) is 2.31. The molecule has 0 heterocycles. The summed E-state index contributed by atoms with van der Waals surface area (Å²) in [4.78, 5) is 23.6. The second kappa shape index (κ2) is 9.47. The summed E-state index contributed by atoms with van der Waals surface area (Å²) in [6, 6.07) is 0. The smallest absolute Gasteiger partial charge is 0.376 e. The zero-order chi connectivity index (χ0) is 18.2. The maximum atomic E-state index is 11.8. The lowest BCUT2D eigenvalue weighted by Crippen LogP contribution is -2.47. The molecule has 0 saturated heterocycles. The fourth-order valence-corrected chi connectivity index (χ4v) is 1.97. The van der Waals surface area contributed by atoms with E-state index < -0.39 is 23.8 Å². The van der Waals surface area contributed by atoms with Crippen molar-refractivity contribution in [3.63, 3.8) is 0 Å². The number of aliphatic hydroxyl groups excluding tert-OH is 1. The Morgan fingerprint density at radius 3 is 1.74 bits per heavy atom. The average Bonchev–Trinajstić information content (AvgIpc) is 2.47. The third-order valence-electron chi connectivity index (χ3n) is 3.64. The lowest BCUT2D eigenvalue weighted by molar-refractivity contribution is -0.349. The highest BCUT2D eigenvalue weighted by atomic mass is 16.8. The van der Waals surface area contributed by atoms with Gasteiger partial charge in [-0.3, -0.25) is 0 Å². The van der Waals surface area contributed by atoms with Crippen LogP contribution in [0.5, 0.6) is 0 Å². The van der Waals surface area contributed by atoms with Gasteiger partial charge in [0.1, 0.15) is 0 Å². The standard InChI is InChI=1S/C17H28O6/c1-7-13(10-18)9-14(8-2)17(21,22-15(19)11(3)4)23-16(20)12(5)6/h13-14,18,21H,3,5,7-10H2,1-2,4,6H3. The van der Waals surface area contributed by atoms with Crippen LogP contribution in [-0.4, -0.2) is 34.7 Å². The normalized spacial score (nSPS) is 13.8. The van der Waals surface area contributed by atoms with E-state index in [-0.39, 0.29) is 23.7 Å². The highest BCUT2D eigenvalue weighted by Crippen LogP contribution is 2.32. The molecule has 0 aromatic heterocycles. The molecule has 6 nitrogen and oxygen atoms in total. The first-order valence-electron chi connectivity index (χ1n) is 7.72. The first-order valence-corrected chi connectivity index (χ1v) is 7.72. The molecule has 0 spiro atoms. The summed E-state index contributed by atoms with van der Waals surface area (Å²) in [6.45, 7) is 13.3. The van der Waals surface area contributed by atoms with Crippen molar-refractivity contribution in [3.8, 4) is 0 Å². The zero-order valence-corrected chi connectivity index (χ0v) is 14.4. The molecule has 0 fully saturated rings. The highest BCUT2D eigenvalue weighted by Gasteiger charge is 2.45. The minimum absolute atomic E-state index is 0.0684. The molecule has 6 heteroatoms. The predicted molar refractivity (Wildman–Crippen MR) is 86.0 cm³/mol. The number of carbonyl (C=O) groups is 2. The quantitative estimate of drug-likeness (QED) is 0.363. The summed E-state index contributed by atoms with van der Waals surface area (Å²) in [5.74, 6) is -4.96. The van der Waals surface area contributed by atoms with E-state index in [0.717, 1.165) is 0 Å². The molecule has 2 N–H and O–H groups in total. The fourth-order valence-electron chi connectivity index (χ4n) is 1.97. The number of esters is 2. The Morgan fingerprint density at radius 2 is 1.48 bits per heavy atom. The van der Waals surface area contributed by atoms with Crippen molar-refractivity contribution in [1.82, 2.24) is 0 Å². The van der Waals surface area contributed by atoms with Crippen LogP contribution in [0.25, 0.3) is 0 Å². The number of ether oxygens (including phenoxy) is 2. The molecular weight excluding hydrogens is 300 g/mol. The van der Waals surface area contributed by atoms with Crippen molar-refractivity contribution in [1.29, 1.82) is 0 Å². The van der Waals surface area contributed by atoms with Crippen LogP contribution in [0.3, 0.4) is 0 Å². The van der Waals surface area contributed by atoms with E-state index in [9.17, 15) is 19.8 Å². The van der Waals surface area contributed by atoms with Crippen LogP contribution in [0.2, 0.25) is 0 Å². The molecule has 2 unspecified atom stereocenters. The lowest BCUT2D eigenvalue weighted by Gasteiger charge is -2.35. The molecule has 0 rings (SSSR count). The molecule has 0 aliphatic rings. The van der Waals surface area contributed by atoms with Crippen LogP contribution < -0.4 is 0 Å². The molecule has 0 amide bonds. The molecule has 0 radical (unpaired) electrons. The van der Waals surface area contributed by atoms with Gasteiger partial charge in [0.05, 0.1) is 5.92 Å². The van der Waals surface area contributed by atoms with Crippen LogP contribution in [-0.2, 0) is 19.1 Å². The topological polar surface area (TPSA) is 93.1 Å². The minimum Gasteiger partial charge on any atom is -0.396 e. The Morgan fingerprint density at radius 1 is 1.04 bits per heavy atom. The Balaban J connectivity index is 5.50. The van der Waals surface area contributed by atoms with E-state index in [1.54, 1.807) is 6.92 Å². The largest absolute Gasteiger partial charge is 0.396 e. The van der Waals surface area contributed by atoms with Crippen LogP contribution in [0.15, 0.2) is 24.3 Å². The summed E-state index contributed by atoms with van der Waals surface area (Å²) in [7, 11) is 0. The Labute approximate surface area is 137 Å². The SMILES string of the molecule is C=C(C)C(=O)OC(O)(OC(=O)C(=C)C)C(CC)CC(CC)CO. The van der Waals surface area contributed by atoms with Crippen LogP contribution >= 0.6 is 0 Å². The molecule has 23 heavy (non-hydrogen) atoms. The van der Waals surface area contributed by atoms with E-state index in [0.29, 0.717) is 19.3 Å². The molecule has 0 bridgehead atoms. The second-order valence-electron chi connectivity index (χ2n) is 5.77. The van der Waals surface area contributed by atoms with Crippen molar-refractivity contribution in [2.45, 2.75) is 52.9 Å². The van der Waals surface area contributed by atoms with E-state index in [1.165, 1.54) is 13.8 Å². The van der Waals surface area contributed by atoms with Gasteiger partial charge in [-0.1, -0.05) is 33.4 Å². The van der Waals surface area contributed by atoms with Crippen LogP contribution in [0, 0.1) is 11.8 Å². The first-order chi connectivity index (χ1) is 10.6. The van der Waals surface area contributed by atoms with Crippen molar-refractivity contribution in [3.05, 3.63) is 24.3 Å². The van der Waals surface area contributed by atoms with Gasteiger partial charge >= 0.3 is 17.9 Å². The number of rotatable bonds is 10. The molecule has 0 aliphatic heterocycles. The molecule has 0 aliphatic carbocycles. The average molecular weight is 328 g/mol.